The summed E-state index contributed by atoms with van der Waals surface area (Å²) in [5.74, 6) is -0.0715. The Morgan fingerprint density at radius 3 is 2.68 bits per heavy atom. The normalized spacial score (nSPS) is 13.7. The first-order valence-electron chi connectivity index (χ1n) is 11.4. The number of nitrogens with two attached hydrogens (primary N) is 1. The molecule has 0 aromatic carbocycles. The number of aromatic nitrogens is 5. The summed E-state index contributed by atoms with van der Waals surface area (Å²) in [6.45, 7) is 6.23. The first kappa shape index (κ1) is 23.7. The second kappa shape index (κ2) is 9.05. The highest BCUT2D eigenvalue weighted by atomic mass is 16.5. The molecule has 3 N–H and O–H groups in total. The van der Waals surface area contributed by atoms with E-state index in [-0.39, 0.29) is 30.6 Å². The fourth-order valence-corrected chi connectivity index (χ4v) is 4.25. The number of H-pyrrole nitrogens is 1. The maximum absolute atomic E-state index is 14.1. The SMILES string of the molecule is COCCN(C(=O)c1cc(C2CC2)nc2c1c(C)nn2C)c1c(N)n(CC(C)C)c(=O)[nH]c1=O. The van der Waals surface area contributed by atoms with Crippen LogP contribution in [-0.4, -0.2) is 50.5 Å². The Labute approximate surface area is 196 Å². The number of nitrogens with one attached hydrogen (secondary N) is 1. The smallest absolute Gasteiger partial charge is 0.330 e. The van der Waals surface area contributed by atoms with Gasteiger partial charge in [-0.3, -0.25) is 28.7 Å². The summed E-state index contributed by atoms with van der Waals surface area (Å²) in [7, 11) is 3.30. The van der Waals surface area contributed by atoms with Crippen molar-refractivity contribution in [2.45, 2.75) is 46.1 Å². The maximum Gasteiger partial charge on any atom is 0.330 e. The highest BCUT2D eigenvalue weighted by molar-refractivity contribution is 6.14. The summed E-state index contributed by atoms with van der Waals surface area (Å²) in [5, 5.41) is 5.09. The van der Waals surface area contributed by atoms with Crippen molar-refractivity contribution in [1.82, 2.24) is 24.3 Å². The Balaban J connectivity index is 1.92. The Morgan fingerprint density at radius 2 is 2.06 bits per heavy atom. The number of anilines is 2. The van der Waals surface area contributed by atoms with Crippen molar-refractivity contribution in [2.75, 3.05) is 30.9 Å². The number of ether oxygens (including phenoxy) is 1. The first-order chi connectivity index (χ1) is 16.1. The summed E-state index contributed by atoms with van der Waals surface area (Å²) in [5.41, 5.74) is 7.45. The van der Waals surface area contributed by atoms with Crippen LogP contribution >= 0.6 is 0 Å². The molecule has 11 heteroatoms. The molecule has 3 aromatic heterocycles. The number of rotatable bonds is 8. The largest absolute Gasteiger partial charge is 0.383 e. The van der Waals surface area contributed by atoms with Crippen molar-refractivity contribution in [3.05, 3.63) is 43.9 Å². The third-order valence-corrected chi connectivity index (χ3v) is 6.01. The summed E-state index contributed by atoms with van der Waals surface area (Å²) in [6.07, 6.45) is 2.03. The molecule has 1 aliphatic rings. The summed E-state index contributed by atoms with van der Waals surface area (Å²) >= 11 is 0. The zero-order valence-electron chi connectivity index (χ0n) is 20.2. The van der Waals surface area contributed by atoms with Gasteiger partial charge in [-0.05, 0) is 31.7 Å². The molecule has 4 rings (SSSR count). The molecule has 1 saturated carbocycles. The number of hydrogen-bond acceptors (Lipinski definition) is 7. The molecule has 11 nitrogen and oxygen atoms in total. The molecular weight excluding hydrogens is 438 g/mol. The number of carbonyl (C=O) groups is 1. The molecule has 0 radical (unpaired) electrons. The third-order valence-electron chi connectivity index (χ3n) is 6.01. The lowest BCUT2D eigenvalue weighted by atomic mass is 10.1. The number of carbonyl (C=O) groups excluding carboxylic acids is 1. The second-order valence-electron chi connectivity index (χ2n) is 9.22. The van der Waals surface area contributed by atoms with E-state index in [4.69, 9.17) is 15.5 Å². The highest BCUT2D eigenvalue weighted by Gasteiger charge is 2.32. The molecule has 34 heavy (non-hydrogen) atoms. The molecule has 1 fully saturated rings. The van der Waals surface area contributed by atoms with Crippen molar-refractivity contribution in [3.63, 3.8) is 0 Å². The van der Waals surface area contributed by atoms with Gasteiger partial charge >= 0.3 is 5.69 Å². The zero-order chi connectivity index (χ0) is 24.7. The molecule has 0 unspecified atom stereocenters. The fourth-order valence-electron chi connectivity index (χ4n) is 4.25. The summed E-state index contributed by atoms with van der Waals surface area (Å²) < 4.78 is 8.18. The highest BCUT2D eigenvalue weighted by Crippen LogP contribution is 2.40. The standard InChI is InChI=1S/C23H31N7O4/c1-12(2)11-30-19(24)18(21(31)26-23(30)33)29(8-9-34-5)22(32)15-10-16(14-6-7-14)25-20-17(15)13(3)27-28(20)4/h10,12,14H,6-9,11,24H2,1-5H3,(H,26,31,33). The number of aryl methyl sites for hydroxylation is 2. The minimum atomic E-state index is -0.720. The summed E-state index contributed by atoms with van der Waals surface area (Å²) in [6, 6.07) is 1.80. The zero-order valence-corrected chi connectivity index (χ0v) is 20.2. The van der Waals surface area contributed by atoms with Crippen molar-refractivity contribution in [1.29, 1.82) is 0 Å². The molecule has 0 bridgehead atoms. The molecule has 0 spiro atoms. The molecule has 0 saturated heterocycles. The van der Waals surface area contributed by atoms with Gasteiger partial charge in [-0.2, -0.15) is 5.10 Å². The van der Waals surface area contributed by atoms with E-state index in [1.807, 2.05) is 20.8 Å². The first-order valence-corrected chi connectivity index (χ1v) is 11.4. The Kier molecular flexibility index (Phi) is 6.30. The number of nitrogen functional groups attached to an aromatic ring is 1. The lowest BCUT2D eigenvalue weighted by molar-refractivity contribution is 0.0977. The number of amides is 1. The van der Waals surface area contributed by atoms with Gasteiger partial charge in [0.1, 0.15) is 5.82 Å². The van der Waals surface area contributed by atoms with Gasteiger partial charge in [0.05, 0.1) is 23.3 Å². The second-order valence-corrected chi connectivity index (χ2v) is 9.22. The van der Waals surface area contributed by atoms with Crippen LogP contribution in [0.3, 0.4) is 0 Å². The number of aromatic amines is 1. The Bertz CT molecular complexity index is 1360. The van der Waals surface area contributed by atoms with Crippen LogP contribution in [0, 0.1) is 12.8 Å². The minimum Gasteiger partial charge on any atom is -0.383 e. The Hall–Kier alpha value is -3.47. The van der Waals surface area contributed by atoms with E-state index >= 15 is 0 Å². The van der Waals surface area contributed by atoms with E-state index < -0.39 is 17.2 Å². The van der Waals surface area contributed by atoms with Gasteiger partial charge in [-0.1, -0.05) is 13.8 Å². The van der Waals surface area contributed by atoms with Gasteiger partial charge in [0, 0.05) is 38.9 Å². The van der Waals surface area contributed by atoms with E-state index in [2.05, 4.69) is 10.1 Å². The van der Waals surface area contributed by atoms with E-state index in [9.17, 15) is 14.4 Å². The molecule has 0 atom stereocenters. The average Bonchev–Trinajstić information content (AvgIpc) is 3.58. The van der Waals surface area contributed by atoms with Crippen molar-refractivity contribution >= 4 is 28.4 Å². The number of methoxy groups -OCH3 is 1. The van der Waals surface area contributed by atoms with Crippen molar-refractivity contribution < 1.29 is 9.53 Å². The molecule has 1 amide bonds. The predicted octanol–water partition coefficient (Wildman–Crippen LogP) is 1.54. The minimum absolute atomic E-state index is 0.0532. The number of hydrogen-bond donors (Lipinski definition) is 2. The van der Waals surface area contributed by atoms with Crippen LogP contribution in [0.4, 0.5) is 11.5 Å². The molecule has 3 heterocycles. The van der Waals surface area contributed by atoms with Crippen molar-refractivity contribution in [2.24, 2.45) is 13.0 Å². The van der Waals surface area contributed by atoms with Crippen LogP contribution in [0.5, 0.6) is 0 Å². The molecular formula is C23H31N7O4. The number of pyridine rings is 1. The quantitative estimate of drug-likeness (QED) is 0.510. The van der Waals surface area contributed by atoms with Gasteiger partial charge < -0.3 is 10.5 Å². The van der Waals surface area contributed by atoms with Crippen molar-refractivity contribution in [3.8, 4) is 0 Å². The predicted molar refractivity (Wildman–Crippen MR) is 129 cm³/mol. The van der Waals surface area contributed by atoms with Crippen LogP contribution in [0.15, 0.2) is 15.7 Å². The molecule has 1 aliphatic carbocycles. The third kappa shape index (κ3) is 4.23. The van der Waals surface area contributed by atoms with E-state index in [0.717, 1.165) is 18.5 Å². The van der Waals surface area contributed by atoms with E-state index in [1.54, 1.807) is 17.8 Å². The van der Waals surface area contributed by atoms with E-state index in [0.29, 0.717) is 34.8 Å². The number of fused-ring (bicyclic) bond motifs is 1. The molecule has 0 aliphatic heterocycles. The van der Waals surface area contributed by atoms with Gasteiger partial charge in [-0.25, -0.2) is 9.78 Å². The van der Waals surface area contributed by atoms with Crippen LogP contribution < -0.4 is 21.9 Å². The molecule has 182 valence electrons. The lowest BCUT2D eigenvalue weighted by Gasteiger charge is -2.25. The van der Waals surface area contributed by atoms with Crippen LogP contribution in [0.1, 0.15) is 54.4 Å². The monoisotopic (exact) mass is 469 g/mol. The summed E-state index contributed by atoms with van der Waals surface area (Å²) in [4.78, 5) is 47.8. The van der Waals surface area contributed by atoms with E-state index in [1.165, 1.54) is 16.6 Å². The van der Waals surface area contributed by atoms with Gasteiger partial charge in [0.2, 0.25) is 0 Å². The topological polar surface area (TPSA) is 141 Å². The maximum atomic E-state index is 14.1. The van der Waals surface area contributed by atoms with Gasteiger partial charge in [-0.15, -0.1) is 0 Å². The van der Waals surface area contributed by atoms with Gasteiger partial charge in [0.15, 0.2) is 11.3 Å². The number of nitrogens with zero attached hydrogens (tertiary/aromatic N) is 5. The van der Waals surface area contributed by atoms with Crippen LogP contribution in [0.2, 0.25) is 0 Å². The lowest BCUT2D eigenvalue weighted by Crippen LogP contribution is -2.43. The Morgan fingerprint density at radius 1 is 1.35 bits per heavy atom. The fraction of sp³-hybridized carbons (Fsp3) is 0.522. The van der Waals surface area contributed by atoms with Crippen LogP contribution in [0.25, 0.3) is 11.0 Å². The molecule has 3 aromatic rings. The van der Waals surface area contributed by atoms with Gasteiger partial charge in [0.25, 0.3) is 11.5 Å². The average molecular weight is 470 g/mol. The van der Waals surface area contributed by atoms with Crippen LogP contribution in [-0.2, 0) is 18.3 Å².